The van der Waals surface area contributed by atoms with Crippen LogP contribution in [0.1, 0.15) is 22.3 Å². The molecule has 10 aromatic rings. The molecular weight excluding hydrogens is 713 g/mol. The lowest BCUT2D eigenvalue weighted by molar-refractivity contribution is 0.767. The van der Waals surface area contributed by atoms with Crippen molar-refractivity contribution in [3.63, 3.8) is 0 Å². The molecule has 0 aliphatic heterocycles. The summed E-state index contributed by atoms with van der Waals surface area (Å²) in [4.78, 5) is 2.41. The molecule has 2 heteroatoms. The van der Waals surface area contributed by atoms with Crippen LogP contribution in [-0.2, 0) is 5.41 Å². The largest absolute Gasteiger partial charge is 0.317 e. The summed E-state index contributed by atoms with van der Waals surface area (Å²) in [5.41, 5.74) is 17.4. The van der Waals surface area contributed by atoms with Crippen molar-refractivity contribution in [2.45, 2.75) is 5.41 Å². The maximum atomic E-state index is 2.45. The average Bonchev–Trinajstić information content (AvgIpc) is 3.88. The zero-order valence-electron chi connectivity index (χ0n) is 32.5. The molecule has 278 valence electrons. The molecule has 1 aromatic heterocycles. The molecule has 0 amide bonds. The van der Waals surface area contributed by atoms with Crippen molar-refractivity contribution in [3.05, 3.63) is 265 Å². The molecule has 1 aliphatic rings. The summed E-state index contributed by atoms with van der Waals surface area (Å²) >= 11 is 0. The third-order valence-corrected chi connectivity index (χ3v) is 12.1. The van der Waals surface area contributed by atoms with Gasteiger partial charge in [0.25, 0.3) is 0 Å². The molecule has 0 unspecified atom stereocenters. The normalized spacial score (nSPS) is 12.5. The topological polar surface area (TPSA) is 8.17 Å². The standard InChI is InChI=1S/C57H40N2/c1-5-15-41(16-6-1)43-25-29-48(30-26-43)59(49-31-27-44(28-32-49)42-17-7-2-8-18-42)51-34-36-53-52-35-33-50(58-38-37-45-19-13-14-24-56(45)58)39-54(52)57(55(53)40-51,46-20-9-3-10-21-46)47-22-11-4-12-23-47/h1-40H. The molecule has 0 bridgehead atoms. The van der Waals surface area contributed by atoms with Crippen molar-refractivity contribution < 1.29 is 0 Å². The minimum Gasteiger partial charge on any atom is -0.317 e. The van der Waals surface area contributed by atoms with Crippen LogP contribution >= 0.6 is 0 Å². The van der Waals surface area contributed by atoms with Gasteiger partial charge in [-0.05, 0) is 122 Å². The predicted octanol–water partition coefficient (Wildman–Crippen LogP) is 14.8. The van der Waals surface area contributed by atoms with E-state index in [0.717, 1.165) is 22.7 Å². The fourth-order valence-electron chi connectivity index (χ4n) is 9.38. The van der Waals surface area contributed by atoms with Crippen LogP contribution in [0.4, 0.5) is 17.1 Å². The SMILES string of the molecule is c1ccc(-c2ccc(N(c3ccc(-c4ccccc4)cc3)c3ccc4c(c3)C(c3ccccc3)(c3ccccc3)c3cc(-n5ccc6ccccc65)ccc3-4)cc2)cc1. The third kappa shape index (κ3) is 5.80. The highest BCUT2D eigenvalue weighted by Gasteiger charge is 2.46. The van der Waals surface area contributed by atoms with E-state index in [1.807, 2.05) is 0 Å². The van der Waals surface area contributed by atoms with Gasteiger partial charge in [-0.25, -0.2) is 0 Å². The number of hydrogen-bond acceptors (Lipinski definition) is 1. The van der Waals surface area contributed by atoms with E-state index in [-0.39, 0.29) is 0 Å². The van der Waals surface area contributed by atoms with E-state index in [1.165, 1.54) is 66.5 Å². The Morgan fingerprint density at radius 2 is 0.780 bits per heavy atom. The number of hydrogen-bond donors (Lipinski definition) is 0. The van der Waals surface area contributed by atoms with E-state index in [0.29, 0.717) is 0 Å². The molecule has 0 saturated carbocycles. The van der Waals surface area contributed by atoms with Gasteiger partial charge in [-0.2, -0.15) is 0 Å². The van der Waals surface area contributed by atoms with Crippen molar-refractivity contribution in [1.82, 2.24) is 4.57 Å². The second-order valence-corrected chi connectivity index (χ2v) is 15.3. The van der Waals surface area contributed by atoms with Crippen molar-refractivity contribution in [2.24, 2.45) is 0 Å². The van der Waals surface area contributed by atoms with E-state index < -0.39 is 5.41 Å². The van der Waals surface area contributed by atoms with Crippen LogP contribution in [-0.4, -0.2) is 4.57 Å². The summed E-state index contributed by atoms with van der Waals surface area (Å²) in [7, 11) is 0. The van der Waals surface area contributed by atoms with Crippen molar-refractivity contribution in [1.29, 1.82) is 0 Å². The number of aromatic nitrogens is 1. The van der Waals surface area contributed by atoms with E-state index in [4.69, 9.17) is 0 Å². The molecule has 59 heavy (non-hydrogen) atoms. The van der Waals surface area contributed by atoms with Gasteiger partial charge in [0.05, 0.1) is 10.9 Å². The first kappa shape index (κ1) is 34.6. The smallest absolute Gasteiger partial charge is 0.0715 e. The Bertz CT molecular complexity index is 2940. The fourth-order valence-corrected chi connectivity index (χ4v) is 9.38. The summed E-state index contributed by atoms with van der Waals surface area (Å²) in [5.74, 6) is 0. The second-order valence-electron chi connectivity index (χ2n) is 15.3. The van der Waals surface area contributed by atoms with E-state index in [2.05, 4.69) is 252 Å². The second kappa shape index (κ2) is 14.4. The molecular formula is C57H40N2. The van der Waals surface area contributed by atoms with E-state index in [1.54, 1.807) is 0 Å². The zero-order chi connectivity index (χ0) is 39.2. The molecule has 1 heterocycles. The summed E-state index contributed by atoms with van der Waals surface area (Å²) in [6, 6.07) is 86.4. The molecule has 9 aromatic carbocycles. The van der Waals surface area contributed by atoms with Crippen LogP contribution < -0.4 is 4.90 Å². The van der Waals surface area contributed by atoms with E-state index >= 15 is 0 Å². The lowest BCUT2D eigenvalue weighted by Crippen LogP contribution is -2.29. The summed E-state index contributed by atoms with van der Waals surface area (Å²) in [5, 5.41) is 1.23. The van der Waals surface area contributed by atoms with Gasteiger partial charge in [0, 0.05) is 28.9 Å². The Hall–Kier alpha value is -7.68. The molecule has 0 fully saturated rings. The maximum Gasteiger partial charge on any atom is 0.0715 e. The van der Waals surface area contributed by atoms with Gasteiger partial charge in [0.15, 0.2) is 0 Å². The first-order valence-corrected chi connectivity index (χ1v) is 20.3. The average molecular weight is 753 g/mol. The highest BCUT2D eigenvalue weighted by atomic mass is 15.1. The number of rotatable bonds is 8. The van der Waals surface area contributed by atoms with Gasteiger partial charge in [-0.1, -0.05) is 176 Å². The van der Waals surface area contributed by atoms with Crippen molar-refractivity contribution in [3.8, 4) is 39.1 Å². The molecule has 0 spiro atoms. The number of anilines is 3. The number of fused-ring (bicyclic) bond motifs is 4. The Morgan fingerprint density at radius 3 is 1.34 bits per heavy atom. The number of para-hydroxylation sites is 1. The first-order valence-electron chi connectivity index (χ1n) is 20.3. The Morgan fingerprint density at radius 1 is 0.339 bits per heavy atom. The van der Waals surface area contributed by atoms with Crippen molar-refractivity contribution in [2.75, 3.05) is 4.90 Å². The van der Waals surface area contributed by atoms with Gasteiger partial charge >= 0.3 is 0 Å². The lowest BCUT2D eigenvalue weighted by Gasteiger charge is -2.35. The zero-order valence-corrected chi connectivity index (χ0v) is 32.5. The first-order chi connectivity index (χ1) is 29.3. The van der Waals surface area contributed by atoms with Gasteiger partial charge in [-0.15, -0.1) is 0 Å². The van der Waals surface area contributed by atoms with Crippen LogP contribution in [0.5, 0.6) is 0 Å². The van der Waals surface area contributed by atoms with E-state index in [9.17, 15) is 0 Å². The molecule has 2 nitrogen and oxygen atoms in total. The van der Waals surface area contributed by atoms with Crippen molar-refractivity contribution >= 4 is 28.0 Å². The minimum absolute atomic E-state index is 0.581. The van der Waals surface area contributed by atoms with Gasteiger partial charge < -0.3 is 9.47 Å². The van der Waals surface area contributed by atoms with Crippen LogP contribution in [0.15, 0.2) is 243 Å². The van der Waals surface area contributed by atoms with Crippen LogP contribution in [0.2, 0.25) is 0 Å². The summed E-state index contributed by atoms with van der Waals surface area (Å²) < 4.78 is 2.32. The fraction of sp³-hybridized carbons (Fsp3) is 0.0175. The van der Waals surface area contributed by atoms with Crippen LogP contribution in [0, 0.1) is 0 Å². The Labute approximate surface area is 345 Å². The lowest BCUT2D eigenvalue weighted by atomic mass is 9.67. The van der Waals surface area contributed by atoms with Crippen LogP contribution in [0.25, 0.3) is 50.0 Å². The molecule has 1 aliphatic carbocycles. The quantitative estimate of drug-likeness (QED) is 0.150. The minimum atomic E-state index is -0.581. The number of nitrogens with zero attached hydrogens (tertiary/aromatic N) is 2. The highest BCUT2D eigenvalue weighted by molar-refractivity contribution is 5.91. The van der Waals surface area contributed by atoms with Gasteiger partial charge in [-0.3, -0.25) is 0 Å². The van der Waals surface area contributed by atoms with Gasteiger partial charge in [0.2, 0.25) is 0 Å². The Balaban J connectivity index is 1.13. The highest BCUT2D eigenvalue weighted by Crippen LogP contribution is 2.57. The van der Waals surface area contributed by atoms with Gasteiger partial charge in [0.1, 0.15) is 0 Å². The molecule has 0 radical (unpaired) electrons. The van der Waals surface area contributed by atoms with Crippen LogP contribution in [0.3, 0.4) is 0 Å². The molecule has 0 saturated heterocycles. The monoisotopic (exact) mass is 752 g/mol. The molecule has 11 rings (SSSR count). The molecule has 0 atom stereocenters. The Kier molecular flexibility index (Phi) is 8.41. The maximum absolute atomic E-state index is 2.45. The third-order valence-electron chi connectivity index (χ3n) is 12.1. The molecule has 0 N–H and O–H groups in total. The predicted molar refractivity (Wildman–Crippen MR) is 246 cm³/mol. The number of benzene rings is 9. The summed E-state index contributed by atoms with van der Waals surface area (Å²) in [6.45, 7) is 0. The summed E-state index contributed by atoms with van der Waals surface area (Å²) in [6.07, 6.45) is 2.20.